The van der Waals surface area contributed by atoms with Gasteiger partial charge in [0.05, 0.1) is 5.69 Å². The lowest BCUT2D eigenvalue weighted by molar-refractivity contribution is -0.132. The summed E-state index contributed by atoms with van der Waals surface area (Å²) >= 11 is 0. The molecule has 1 aliphatic heterocycles. The van der Waals surface area contributed by atoms with E-state index in [2.05, 4.69) is 0 Å². The SMILES string of the molecule is CN1CCC(Oc2ccccc2N)C1=O. The van der Waals surface area contributed by atoms with E-state index in [1.165, 1.54) is 0 Å². The number of benzene rings is 1. The summed E-state index contributed by atoms with van der Waals surface area (Å²) in [7, 11) is 1.78. The molecule has 1 aliphatic rings. The number of ether oxygens (including phenoxy) is 1. The molecule has 1 fully saturated rings. The van der Waals surface area contributed by atoms with Gasteiger partial charge >= 0.3 is 0 Å². The number of nitrogen functional groups attached to an aromatic ring is 1. The van der Waals surface area contributed by atoms with Gasteiger partial charge in [-0.3, -0.25) is 4.79 Å². The second-order valence-electron chi connectivity index (χ2n) is 3.69. The zero-order chi connectivity index (χ0) is 10.8. The maximum Gasteiger partial charge on any atom is 0.263 e. The van der Waals surface area contributed by atoms with E-state index in [1.54, 1.807) is 24.1 Å². The topological polar surface area (TPSA) is 55.6 Å². The van der Waals surface area contributed by atoms with Crippen molar-refractivity contribution in [1.29, 1.82) is 0 Å². The van der Waals surface area contributed by atoms with Gasteiger partial charge in [0.1, 0.15) is 5.75 Å². The standard InChI is InChI=1S/C11H14N2O2/c1-13-7-6-10(11(13)14)15-9-5-3-2-4-8(9)12/h2-5,10H,6-7,12H2,1H3. The second kappa shape index (κ2) is 3.81. The van der Waals surface area contributed by atoms with Crippen LogP contribution >= 0.6 is 0 Å². The molecule has 1 aromatic carbocycles. The Bertz CT molecular complexity index is 379. The molecule has 0 aromatic heterocycles. The van der Waals surface area contributed by atoms with E-state index in [9.17, 15) is 4.79 Å². The lowest BCUT2D eigenvalue weighted by Crippen LogP contribution is -2.29. The lowest BCUT2D eigenvalue weighted by atomic mass is 10.2. The van der Waals surface area contributed by atoms with E-state index in [-0.39, 0.29) is 12.0 Å². The summed E-state index contributed by atoms with van der Waals surface area (Å²) in [6.45, 7) is 0.746. The minimum atomic E-state index is -0.375. The zero-order valence-electron chi connectivity index (χ0n) is 8.64. The molecule has 0 aliphatic carbocycles. The molecule has 1 unspecified atom stereocenters. The van der Waals surface area contributed by atoms with Crippen molar-refractivity contribution in [2.24, 2.45) is 0 Å². The molecule has 80 valence electrons. The van der Waals surface area contributed by atoms with Gasteiger partial charge in [-0.1, -0.05) is 12.1 Å². The van der Waals surface area contributed by atoms with E-state index < -0.39 is 0 Å². The van der Waals surface area contributed by atoms with Crippen molar-refractivity contribution in [1.82, 2.24) is 4.90 Å². The highest BCUT2D eigenvalue weighted by Crippen LogP contribution is 2.24. The molecule has 0 bridgehead atoms. The molecule has 0 saturated carbocycles. The monoisotopic (exact) mass is 206 g/mol. The van der Waals surface area contributed by atoms with Gasteiger partial charge in [-0.2, -0.15) is 0 Å². The molecule has 1 heterocycles. The highest BCUT2D eigenvalue weighted by atomic mass is 16.5. The molecule has 1 aromatic rings. The Kier molecular flexibility index (Phi) is 2.49. The fourth-order valence-electron chi connectivity index (χ4n) is 1.64. The molecule has 1 atom stereocenters. The van der Waals surface area contributed by atoms with Gasteiger partial charge in [-0.05, 0) is 12.1 Å². The number of likely N-dealkylation sites (tertiary alicyclic amines) is 1. The normalized spacial score (nSPS) is 20.7. The van der Waals surface area contributed by atoms with Crippen LogP contribution < -0.4 is 10.5 Å². The minimum absolute atomic E-state index is 0.0262. The number of para-hydroxylation sites is 2. The fourth-order valence-corrected chi connectivity index (χ4v) is 1.64. The van der Waals surface area contributed by atoms with Crippen molar-refractivity contribution in [2.75, 3.05) is 19.3 Å². The molecular weight excluding hydrogens is 192 g/mol. The number of rotatable bonds is 2. The number of amides is 1. The van der Waals surface area contributed by atoms with Gasteiger partial charge in [0.2, 0.25) is 0 Å². The molecule has 1 amide bonds. The summed E-state index contributed by atoms with van der Waals surface area (Å²) in [5, 5.41) is 0. The number of nitrogens with two attached hydrogens (primary N) is 1. The average Bonchev–Trinajstić information content (AvgIpc) is 2.53. The summed E-state index contributed by atoms with van der Waals surface area (Å²) in [6.07, 6.45) is 0.351. The number of likely N-dealkylation sites (N-methyl/N-ethyl adjacent to an activating group) is 1. The molecular formula is C11H14N2O2. The van der Waals surface area contributed by atoms with Crippen molar-refractivity contribution in [2.45, 2.75) is 12.5 Å². The van der Waals surface area contributed by atoms with Crippen LogP contribution in [-0.4, -0.2) is 30.5 Å². The molecule has 1 saturated heterocycles. The minimum Gasteiger partial charge on any atom is -0.478 e. The first-order valence-electron chi connectivity index (χ1n) is 4.94. The highest BCUT2D eigenvalue weighted by molar-refractivity contribution is 5.83. The molecule has 4 heteroatoms. The van der Waals surface area contributed by atoms with E-state index in [0.717, 1.165) is 13.0 Å². The van der Waals surface area contributed by atoms with Crippen molar-refractivity contribution in [3.05, 3.63) is 24.3 Å². The first-order chi connectivity index (χ1) is 7.18. The Morgan fingerprint density at radius 1 is 1.47 bits per heavy atom. The Hall–Kier alpha value is -1.71. The van der Waals surface area contributed by atoms with Gasteiger partial charge in [0.15, 0.2) is 6.10 Å². The molecule has 4 nitrogen and oxygen atoms in total. The smallest absolute Gasteiger partial charge is 0.263 e. The van der Waals surface area contributed by atoms with Crippen LogP contribution in [0.5, 0.6) is 5.75 Å². The van der Waals surface area contributed by atoms with Crippen LogP contribution in [0.3, 0.4) is 0 Å². The number of carbonyl (C=O) groups excluding carboxylic acids is 1. The first kappa shape index (κ1) is 9.83. The van der Waals surface area contributed by atoms with E-state index >= 15 is 0 Å². The zero-order valence-corrected chi connectivity index (χ0v) is 8.64. The van der Waals surface area contributed by atoms with Gasteiger partial charge < -0.3 is 15.4 Å². The van der Waals surface area contributed by atoms with Crippen LogP contribution in [0.1, 0.15) is 6.42 Å². The maximum absolute atomic E-state index is 11.6. The predicted octanol–water partition coefficient (Wildman–Crippen LogP) is 0.878. The molecule has 2 N–H and O–H groups in total. The molecule has 0 spiro atoms. The quantitative estimate of drug-likeness (QED) is 0.731. The summed E-state index contributed by atoms with van der Waals surface area (Å²) < 4.78 is 5.57. The number of hydrogen-bond donors (Lipinski definition) is 1. The van der Waals surface area contributed by atoms with Crippen molar-refractivity contribution < 1.29 is 9.53 Å². The fraction of sp³-hybridized carbons (Fsp3) is 0.364. The van der Waals surface area contributed by atoms with Crippen LogP contribution in [0, 0.1) is 0 Å². The third kappa shape index (κ3) is 1.88. The Morgan fingerprint density at radius 3 is 2.80 bits per heavy atom. The molecule has 15 heavy (non-hydrogen) atoms. The lowest BCUT2D eigenvalue weighted by Gasteiger charge is -2.14. The molecule has 0 radical (unpaired) electrons. The third-order valence-electron chi connectivity index (χ3n) is 2.57. The highest BCUT2D eigenvalue weighted by Gasteiger charge is 2.30. The Labute approximate surface area is 88.6 Å². The maximum atomic E-state index is 11.6. The van der Waals surface area contributed by atoms with E-state index in [4.69, 9.17) is 10.5 Å². The van der Waals surface area contributed by atoms with E-state index in [0.29, 0.717) is 11.4 Å². The summed E-state index contributed by atoms with van der Waals surface area (Å²) in [4.78, 5) is 13.3. The number of anilines is 1. The Balaban J connectivity index is 2.10. The largest absolute Gasteiger partial charge is 0.478 e. The summed E-state index contributed by atoms with van der Waals surface area (Å²) in [6, 6.07) is 7.22. The number of hydrogen-bond acceptors (Lipinski definition) is 3. The van der Waals surface area contributed by atoms with Gasteiger partial charge in [0, 0.05) is 20.0 Å². The Morgan fingerprint density at radius 2 is 2.20 bits per heavy atom. The summed E-state index contributed by atoms with van der Waals surface area (Å²) in [5.74, 6) is 0.615. The number of carbonyl (C=O) groups is 1. The van der Waals surface area contributed by atoms with Crippen LogP contribution in [0.25, 0.3) is 0 Å². The van der Waals surface area contributed by atoms with E-state index in [1.807, 2.05) is 12.1 Å². The van der Waals surface area contributed by atoms with Crippen molar-refractivity contribution >= 4 is 11.6 Å². The predicted molar refractivity (Wildman–Crippen MR) is 57.5 cm³/mol. The van der Waals surface area contributed by atoms with Gasteiger partial charge in [0.25, 0.3) is 5.91 Å². The molecule has 2 rings (SSSR count). The third-order valence-corrected chi connectivity index (χ3v) is 2.57. The first-order valence-corrected chi connectivity index (χ1v) is 4.94. The average molecular weight is 206 g/mol. The second-order valence-corrected chi connectivity index (χ2v) is 3.69. The van der Waals surface area contributed by atoms with Gasteiger partial charge in [-0.15, -0.1) is 0 Å². The summed E-state index contributed by atoms with van der Waals surface area (Å²) in [5.41, 5.74) is 6.30. The van der Waals surface area contributed by atoms with Crippen molar-refractivity contribution in [3.63, 3.8) is 0 Å². The number of nitrogens with zero attached hydrogens (tertiary/aromatic N) is 1. The van der Waals surface area contributed by atoms with Crippen molar-refractivity contribution in [3.8, 4) is 5.75 Å². The van der Waals surface area contributed by atoms with Gasteiger partial charge in [-0.25, -0.2) is 0 Å². The van der Waals surface area contributed by atoms with Crippen LogP contribution in [0.2, 0.25) is 0 Å². The van der Waals surface area contributed by atoms with Crippen LogP contribution in [0.4, 0.5) is 5.69 Å². The van der Waals surface area contributed by atoms with Crippen LogP contribution in [-0.2, 0) is 4.79 Å². The van der Waals surface area contributed by atoms with Crippen LogP contribution in [0.15, 0.2) is 24.3 Å².